The molecule has 1 aromatic heterocycles. The maximum Gasteiger partial charge on any atom is 0.359 e. The fourth-order valence-electron chi connectivity index (χ4n) is 1.52. The Labute approximate surface area is 128 Å². The van der Waals surface area contributed by atoms with Crippen LogP contribution >= 0.6 is 0 Å². The minimum absolute atomic E-state index is 0.0130. The Morgan fingerprint density at radius 1 is 1.18 bits per heavy atom. The van der Waals surface area contributed by atoms with Crippen molar-refractivity contribution in [2.24, 2.45) is 0 Å². The molecule has 114 valence electrons. The molecule has 0 saturated heterocycles. The average molecular weight is 301 g/mol. The molecular formula is C14H15N5O3. The lowest BCUT2D eigenvalue weighted by atomic mass is 10.3. The number of esters is 1. The first-order chi connectivity index (χ1) is 10.6. The van der Waals surface area contributed by atoms with Gasteiger partial charge < -0.3 is 9.64 Å². The molecule has 0 N–H and O–H groups in total. The molecule has 0 aromatic carbocycles. The first-order valence-corrected chi connectivity index (χ1v) is 6.56. The normalized spacial score (nSPS) is 9.41. The van der Waals surface area contributed by atoms with E-state index < -0.39 is 18.5 Å². The molecule has 0 unspecified atom stereocenters. The standard InChI is InChI=1S/C14H15N5O3/c1-11-8-18-12(9-17-11)14(21)22-10-13(20)19(6-2-4-15)7-3-5-16/h8-9H,2-3,6-7,10H2,1H3. The van der Waals surface area contributed by atoms with E-state index in [-0.39, 0.29) is 31.6 Å². The van der Waals surface area contributed by atoms with E-state index in [2.05, 4.69) is 9.97 Å². The van der Waals surface area contributed by atoms with E-state index in [0.29, 0.717) is 5.69 Å². The van der Waals surface area contributed by atoms with Gasteiger partial charge >= 0.3 is 5.97 Å². The number of aromatic nitrogens is 2. The number of aryl methyl sites for hydroxylation is 1. The first kappa shape index (κ1) is 17.1. The van der Waals surface area contributed by atoms with Crippen LogP contribution in [0.5, 0.6) is 0 Å². The van der Waals surface area contributed by atoms with Gasteiger partial charge in [0.2, 0.25) is 0 Å². The van der Waals surface area contributed by atoms with E-state index in [1.165, 1.54) is 17.3 Å². The fourth-order valence-corrected chi connectivity index (χ4v) is 1.52. The van der Waals surface area contributed by atoms with Gasteiger partial charge in [-0.1, -0.05) is 0 Å². The molecule has 0 aliphatic carbocycles. The monoisotopic (exact) mass is 301 g/mol. The predicted octanol–water partition coefficient (Wildman–Crippen LogP) is 0.598. The van der Waals surface area contributed by atoms with E-state index in [0.717, 1.165) is 0 Å². The highest BCUT2D eigenvalue weighted by atomic mass is 16.5. The highest BCUT2D eigenvalue weighted by molar-refractivity contribution is 5.89. The third-order valence-corrected chi connectivity index (χ3v) is 2.66. The van der Waals surface area contributed by atoms with E-state index in [1.807, 2.05) is 12.1 Å². The summed E-state index contributed by atoms with van der Waals surface area (Å²) in [4.78, 5) is 32.7. The highest BCUT2D eigenvalue weighted by Gasteiger charge is 2.17. The highest BCUT2D eigenvalue weighted by Crippen LogP contribution is 2.00. The molecule has 8 nitrogen and oxygen atoms in total. The van der Waals surface area contributed by atoms with Gasteiger partial charge in [0, 0.05) is 19.3 Å². The van der Waals surface area contributed by atoms with Crippen LogP contribution in [0.4, 0.5) is 0 Å². The van der Waals surface area contributed by atoms with E-state index in [1.54, 1.807) is 6.92 Å². The van der Waals surface area contributed by atoms with Gasteiger partial charge in [-0.15, -0.1) is 0 Å². The van der Waals surface area contributed by atoms with Gasteiger partial charge in [-0.3, -0.25) is 9.78 Å². The van der Waals surface area contributed by atoms with Crippen molar-refractivity contribution in [2.75, 3.05) is 19.7 Å². The Morgan fingerprint density at radius 3 is 2.32 bits per heavy atom. The number of nitrogens with zero attached hydrogens (tertiary/aromatic N) is 5. The van der Waals surface area contributed by atoms with Crippen molar-refractivity contribution in [2.45, 2.75) is 19.8 Å². The van der Waals surface area contributed by atoms with Gasteiger partial charge in [0.25, 0.3) is 5.91 Å². The third-order valence-electron chi connectivity index (χ3n) is 2.66. The van der Waals surface area contributed by atoms with Gasteiger partial charge in [0.1, 0.15) is 0 Å². The fraction of sp³-hybridized carbons (Fsp3) is 0.429. The van der Waals surface area contributed by atoms with E-state index in [9.17, 15) is 9.59 Å². The summed E-state index contributed by atoms with van der Waals surface area (Å²) in [5, 5.41) is 17.1. The van der Waals surface area contributed by atoms with Crippen molar-refractivity contribution in [3.63, 3.8) is 0 Å². The maximum atomic E-state index is 11.9. The molecule has 22 heavy (non-hydrogen) atoms. The molecular weight excluding hydrogens is 286 g/mol. The molecule has 0 radical (unpaired) electrons. The zero-order chi connectivity index (χ0) is 16.4. The number of nitriles is 2. The van der Waals surface area contributed by atoms with Gasteiger partial charge in [-0.05, 0) is 6.92 Å². The van der Waals surface area contributed by atoms with Crippen LogP contribution in [0.25, 0.3) is 0 Å². The predicted molar refractivity (Wildman–Crippen MR) is 74.1 cm³/mol. The zero-order valence-electron chi connectivity index (χ0n) is 12.2. The van der Waals surface area contributed by atoms with Crippen LogP contribution < -0.4 is 0 Å². The Kier molecular flexibility index (Phi) is 7.00. The third kappa shape index (κ3) is 5.55. The quantitative estimate of drug-likeness (QED) is 0.676. The number of hydrogen-bond donors (Lipinski definition) is 0. The summed E-state index contributed by atoms with van der Waals surface area (Å²) < 4.78 is 4.87. The number of rotatable bonds is 7. The summed E-state index contributed by atoms with van der Waals surface area (Å²) in [7, 11) is 0. The Bertz CT molecular complexity index is 582. The summed E-state index contributed by atoms with van der Waals surface area (Å²) in [5.74, 6) is -1.21. The summed E-state index contributed by atoms with van der Waals surface area (Å²) in [6.45, 7) is 1.65. The van der Waals surface area contributed by atoms with E-state index >= 15 is 0 Å². The smallest absolute Gasteiger partial charge is 0.359 e. The summed E-state index contributed by atoms with van der Waals surface area (Å²) in [6.07, 6.45) is 2.99. The van der Waals surface area contributed by atoms with Gasteiger partial charge in [0.05, 0.1) is 36.9 Å². The molecule has 0 aliphatic heterocycles. The number of amides is 1. The van der Waals surface area contributed by atoms with Gasteiger partial charge in [-0.2, -0.15) is 10.5 Å². The second-order valence-corrected chi connectivity index (χ2v) is 4.32. The van der Waals surface area contributed by atoms with Crippen LogP contribution in [0, 0.1) is 29.6 Å². The van der Waals surface area contributed by atoms with Crippen LogP contribution in [-0.2, 0) is 9.53 Å². The Hall–Kier alpha value is -3.00. The second-order valence-electron chi connectivity index (χ2n) is 4.32. The molecule has 0 bridgehead atoms. The van der Waals surface area contributed by atoms with Crippen molar-refractivity contribution in [3.05, 3.63) is 23.8 Å². The first-order valence-electron chi connectivity index (χ1n) is 6.56. The number of carbonyl (C=O) groups excluding carboxylic acids is 2. The van der Waals surface area contributed by atoms with Crippen molar-refractivity contribution in [1.29, 1.82) is 10.5 Å². The number of carbonyl (C=O) groups is 2. The Morgan fingerprint density at radius 2 is 1.82 bits per heavy atom. The molecule has 0 atom stereocenters. The maximum absolute atomic E-state index is 11.9. The molecule has 8 heteroatoms. The molecule has 1 aromatic rings. The molecule has 1 rings (SSSR count). The minimum Gasteiger partial charge on any atom is -0.451 e. The molecule has 1 heterocycles. The number of ether oxygens (including phenoxy) is 1. The van der Waals surface area contributed by atoms with Gasteiger partial charge in [-0.25, -0.2) is 9.78 Å². The van der Waals surface area contributed by atoms with E-state index in [4.69, 9.17) is 15.3 Å². The second kappa shape index (κ2) is 9.03. The summed E-state index contributed by atoms with van der Waals surface area (Å²) in [6, 6.07) is 3.85. The molecule has 1 amide bonds. The summed E-state index contributed by atoms with van der Waals surface area (Å²) in [5.41, 5.74) is 0.672. The van der Waals surface area contributed by atoms with Crippen LogP contribution in [0.2, 0.25) is 0 Å². The van der Waals surface area contributed by atoms with Crippen LogP contribution in [0.1, 0.15) is 29.0 Å². The zero-order valence-corrected chi connectivity index (χ0v) is 12.2. The van der Waals surface area contributed by atoms with Gasteiger partial charge in [0.15, 0.2) is 12.3 Å². The lowest BCUT2D eigenvalue weighted by molar-refractivity contribution is -0.134. The molecule has 0 spiro atoms. The van der Waals surface area contributed by atoms with Crippen molar-refractivity contribution < 1.29 is 14.3 Å². The van der Waals surface area contributed by atoms with Crippen molar-refractivity contribution in [3.8, 4) is 12.1 Å². The van der Waals surface area contributed by atoms with Crippen LogP contribution in [0.3, 0.4) is 0 Å². The lowest BCUT2D eigenvalue weighted by Crippen LogP contribution is -2.36. The van der Waals surface area contributed by atoms with Crippen molar-refractivity contribution >= 4 is 11.9 Å². The summed E-state index contributed by atoms with van der Waals surface area (Å²) >= 11 is 0. The number of hydrogen-bond acceptors (Lipinski definition) is 7. The average Bonchev–Trinajstić information content (AvgIpc) is 2.53. The lowest BCUT2D eigenvalue weighted by Gasteiger charge is -2.19. The SMILES string of the molecule is Cc1cnc(C(=O)OCC(=O)N(CCC#N)CCC#N)cn1. The molecule has 0 fully saturated rings. The largest absolute Gasteiger partial charge is 0.451 e. The minimum atomic E-state index is -0.749. The molecule has 0 aliphatic rings. The van der Waals surface area contributed by atoms with Crippen LogP contribution in [0.15, 0.2) is 12.4 Å². The van der Waals surface area contributed by atoms with Crippen molar-refractivity contribution in [1.82, 2.24) is 14.9 Å². The topological polar surface area (TPSA) is 120 Å². The van der Waals surface area contributed by atoms with Crippen LogP contribution in [-0.4, -0.2) is 46.4 Å². The Balaban J connectivity index is 2.54. The molecule has 0 saturated carbocycles.